The van der Waals surface area contributed by atoms with Gasteiger partial charge in [-0.25, -0.2) is 0 Å². The highest BCUT2D eigenvalue weighted by Gasteiger charge is 2.67. The number of nitrogens with zero attached hydrogens (tertiary/aromatic N) is 2. The lowest BCUT2D eigenvalue weighted by Gasteiger charge is -2.37. The lowest BCUT2D eigenvalue weighted by atomic mass is 9.63. The van der Waals surface area contributed by atoms with E-state index in [1.807, 2.05) is 19.1 Å². The number of amides is 2. The maximum atomic E-state index is 13.0. The Balaban J connectivity index is 1.42. The summed E-state index contributed by atoms with van der Waals surface area (Å²) in [5, 5.41) is 5.40. The molecule has 0 N–H and O–H groups in total. The molecule has 146 valence electrons. The highest BCUT2D eigenvalue weighted by atomic mass is 127. The average Bonchev–Trinajstić information content (AvgIpc) is 3.46. The van der Waals surface area contributed by atoms with Crippen LogP contribution in [-0.4, -0.2) is 36.8 Å². The van der Waals surface area contributed by atoms with Crippen LogP contribution >= 0.6 is 22.6 Å². The molecule has 28 heavy (non-hydrogen) atoms. The van der Waals surface area contributed by atoms with E-state index in [1.165, 1.54) is 0 Å². The minimum absolute atomic E-state index is 0.149. The number of rotatable bonds is 5. The molecule has 0 radical (unpaired) electrons. The molecule has 0 unspecified atom stereocenters. The average molecular weight is 492 g/mol. The third kappa shape index (κ3) is 2.54. The smallest absolute Gasteiger partial charge is 0.254 e. The Labute approximate surface area is 177 Å². The normalized spacial score (nSPS) is 34.8. The van der Waals surface area contributed by atoms with Gasteiger partial charge in [0.2, 0.25) is 0 Å². The van der Waals surface area contributed by atoms with Crippen molar-refractivity contribution in [3.05, 3.63) is 33.4 Å². The minimum atomic E-state index is -0.224. The number of halogens is 1. The van der Waals surface area contributed by atoms with Crippen LogP contribution in [0.4, 0.5) is 0 Å². The van der Waals surface area contributed by atoms with Gasteiger partial charge in [0.05, 0.1) is 35.3 Å². The Morgan fingerprint density at radius 3 is 2.39 bits per heavy atom. The van der Waals surface area contributed by atoms with Crippen molar-refractivity contribution in [2.24, 2.45) is 40.6 Å². The lowest BCUT2D eigenvalue weighted by Crippen LogP contribution is -2.40. The fraction of sp³-hybridized carbons (Fsp3) is 0.476. The van der Waals surface area contributed by atoms with Crippen molar-refractivity contribution in [3.8, 4) is 11.5 Å². The Hall–Kier alpha value is -1.90. The molecule has 6 rings (SSSR count). The highest BCUT2D eigenvalue weighted by Crippen LogP contribution is 2.65. The van der Waals surface area contributed by atoms with Gasteiger partial charge in [-0.05, 0) is 77.3 Å². The number of benzene rings is 1. The summed E-state index contributed by atoms with van der Waals surface area (Å²) in [6.45, 7) is 2.42. The molecular formula is C21H21IN2O4. The number of carbonyl (C=O) groups is 2. The second kappa shape index (κ2) is 6.57. The molecule has 1 heterocycles. The molecular weight excluding hydrogens is 471 g/mol. The van der Waals surface area contributed by atoms with Gasteiger partial charge in [-0.1, -0.05) is 12.2 Å². The number of hydrogen-bond donors (Lipinski definition) is 0. The Morgan fingerprint density at radius 2 is 1.82 bits per heavy atom. The van der Waals surface area contributed by atoms with E-state index < -0.39 is 0 Å². The fourth-order valence-electron chi connectivity index (χ4n) is 5.30. The number of allylic oxidation sites excluding steroid dienone is 2. The maximum absolute atomic E-state index is 13.0. The van der Waals surface area contributed by atoms with E-state index in [-0.39, 0.29) is 35.5 Å². The number of carbonyl (C=O) groups excluding carboxylic acids is 2. The molecule has 0 aromatic heterocycles. The molecule has 6 nitrogen and oxygen atoms in total. The van der Waals surface area contributed by atoms with Gasteiger partial charge in [0.1, 0.15) is 0 Å². The van der Waals surface area contributed by atoms with Gasteiger partial charge in [-0.3, -0.25) is 9.59 Å². The molecule has 0 spiro atoms. The number of hydrazone groups is 1. The van der Waals surface area contributed by atoms with Gasteiger partial charge < -0.3 is 9.47 Å². The van der Waals surface area contributed by atoms with Gasteiger partial charge in [-0.15, -0.1) is 0 Å². The van der Waals surface area contributed by atoms with Crippen LogP contribution < -0.4 is 9.47 Å². The van der Waals surface area contributed by atoms with Gasteiger partial charge in [0, 0.05) is 0 Å². The first-order valence-corrected chi connectivity index (χ1v) is 10.7. The predicted octanol–water partition coefficient (Wildman–Crippen LogP) is 3.09. The first kappa shape index (κ1) is 18.1. The molecule has 5 aliphatic rings. The van der Waals surface area contributed by atoms with Crippen LogP contribution in [0, 0.1) is 39.1 Å². The van der Waals surface area contributed by atoms with E-state index in [9.17, 15) is 9.59 Å². The molecule has 6 atom stereocenters. The molecule has 1 saturated heterocycles. The maximum Gasteiger partial charge on any atom is 0.254 e. The number of ether oxygens (including phenoxy) is 2. The van der Waals surface area contributed by atoms with E-state index in [1.54, 1.807) is 13.3 Å². The van der Waals surface area contributed by atoms with Gasteiger partial charge in [0.15, 0.2) is 11.5 Å². The van der Waals surface area contributed by atoms with Crippen LogP contribution in [0.2, 0.25) is 0 Å². The van der Waals surface area contributed by atoms with E-state index in [4.69, 9.17) is 9.47 Å². The summed E-state index contributed by atoms with van der Waals surface area (Å²) < 4.78 is 11.9. The SMILES string of the molecule is CCOc1cc(/C=N\N2C(=O)[C@@H]3[C@H]4C=C[C@@H]([C@@H]5C[C@@H]45)[C@@H]3C2=O)cc(I)c1OC. The molecule has 2 amide bonds. The summed E-state index contributed by atoms with van der Waals surface area (Å²) >= 11 is 2.17. The first-order valence-electron chi connectivity index (χ1n) is 9.65. The zero-order valence-electron chi connectivity index (χ0n) is 15.7. The van der Waals surface area contributed by atoms with E-state index in [2.05, 4.69) is 39.8 Å². The quantitative estimate of drug-likeness (QED) is 0.274. The fourth-order valence-corrected chi connectivity index (χ4v) is 6.15. The predicted molar refractivity (Wildman–Crippen MR) is 111 cm³/mol. The largest absolute Gasteiger partial charge is 0.492 e. The number of methoxy groups -OCH3 is 1. The Morgan fingerprint density at radius 1 is 1.18 bits per heavy atom. The molecule has 2 saturated carbocycles. The van der Waals surface area contributed by atoms with Crippen molar-refractivity contribution in [2.75, 3.05) is 13.7 Å². The molecule has 3 fully saturated rings. The molecule has 7 heteroatoms. The monoisotopic (exact) mass is 492 g/mol. The Bertz CT molecular complexity index is 891. The van der Waals surface area contributed by atoms with Crippen LogP contribution in [-0.2, 0) is 9.59 Å². The molecule has 1 aliphatic heterocycles. The van der Waals surface area contributed by atoms with Gasteiger partial charge in [0.25, 0.3) is 11.8 Å². The van der Waals surface area contributed by atoms with Crippen LogP contribution in [0.3, 0.4) is 0 Å². The number of hydrogen-bond acceptors (Lipinski definition) is 5. The zero-order valence-corrected chi connectivity index (χ0v) is 17.8. The van der Waals surface area contributed by atoms with Crippen molar-refractivity contribution < 1.29 is 19.1 Å². The molecule has 4 aliphatic carbocycles. The molecule has 1 aromatic carbocycles. The zero-order chi connectivity index (χ0) is 19.6. The highest BCUT2D eigenvalue weighted by molar-refractivity contribution is 14.1. The third-order valence-corrected chi connectivity index (χ3v) is 7.30. The van der Waals surface area contributed by atoms with E-state index >= 15 is 0 Å². The molecule has 2 bridgehead atoms. The van der Waals surface area contributed by atoms with Crippen molar-refractivity contribution in [2.45, 2.75) is 13.3 Å². The van der Waals surface area contributed by atoms with Crippen LogP contribution in [0.1, 0.15) is 18.9 Å². The van der Waals surface area contributed by atoms with Crippen LogP contribution in [0.5, 0.6) is 11.5 Å². The van der Waals surface area contributed by atoms with Crippen molar-refractivity contribution in [1.82, 2.24) is 5.01 Å². The van der Waals surface area contributed by atoms with Crippen molar-refractivity contribution in [1.29, 1.82) is 0 Å². The number of imide groups is 1. The third-order valence-electron chi connectivity index (χ3n) is 6.50. The van der Waals surface area contributed by atoms with Gasteiger partial charge >= 0.3 is 0 Å². The van der Waals surface area contributed by atoms with E-state index in [0.717, 1.165) is 20.6 Å². The van der Waals surface area contributed by atoms with Crippen molar-refractivity contribution in [3.63, 3.8) is 0 Å². The summed E-state index contributed by atoms with van der Waals surface area (Å²) in [4.78, 5) is 25.9. The standard InChI is InChI=1S/C21H21IN2O4/c1-3-28-16-7-10(6-15(22)19(16)27-2)9-23-24-20(25)17-11-4-5-12(14-8-13(11)14)18(17)21(24)26/h4-7,9,11-14,17-18H,3,8H2,1-2H3/b23-9-/t11-,12-,13-,14-,17-,18+/m0/s1. The van der Waals surface area contributed by atoms with Crippen LogP contribution in [0.25, 0.3) is 0 Å². The first-order chi connectivity index (χ1) is 13.5. The summed E-state index contributed by atoms with van der Waals surface area (Å²) in [5.74, 6) is 2.15. The van der Waals surface area contributed by atoms with Crippen LogP contribution in [0.15, 0.2) is 29.4 Å². The summed E-state index contributed by atoms with van der Waals surface area (Å²) in [6, 6.07) is 3.70. The lowest BCUT2D eigenvalue weighted by molar-refractivity contribution is -0.140. The Kier molecular flexibility index (Phi) is 4.26. The molecule has 1 aromatic rings. The van der Waals surface area contributed by atoms with Crippen molar-refractivity contribution >= 4 is 40.6 Å². The summed E-state index contributed by atoms with van der Waals surface area (Å²) in [5.41, 5.74) is 0.757. The summed E-state index contributed by atoms with van der Waals surface area (Å²) in [6.07, 6.45) is 7.05. The van der Waals surface area contributed by atoms with E-state index in [0.29, 0.717) is 29.9 Å². The second-order valence-electron chi connectivity index (χ2n) is 7.85. The topological polar surface area (TPSA) is 68.2 Å². The summed E-state index contributed by atoms with van der Waals surface area (Å²) in [7, 11) is 1.60. The minimum Gasteiger partial charge on any atom is -0.492 e. The second-order valence-corrected chi connectivity index (χ2v) is 9.02. The van der Waals surface area contributed by atoms with Gasteiger partial charge in [-0.2, -0.15) is 10.1 Å².